The van der Waals surface area contributed by atoms with Crippen LogP contribution >= 0.6 is 0 Å². The van der Waals surface area contributed by atoms with E-state index >= 15 is 0 Å². The molecule has 0 aliphatic rings. The van der Waals surface area contributed by atoms with Gasteiger partial charge in [-0.25, -0.2) is 8.78 Å². The van der Waals surface area contributed by atoms with Crippen LogP contribution in [0, 0.1) is 0 Å². The zero-order chi connectivity index (χ0) is 15.2. The molecule has 1 N–H and O–H groups in total. The SMILES string of the molecule is CCCNC(COCC(F)(F)C(F)F)c1cnn(C)c1. The molecule has 0 aromatic carbocycles. The quantitative estimate of drug-likeness (QED) is 0.711. The molecular formula is C12H19F4N3O. The molecule has 1 heterocycles. The Kier molecular flexibility index (Phi) is 6.41. The van der Waals surface area contributed by atoms with Gasteiger partial charge in [-0.15, -0.1) is 0 Å². The third kappa shape index (κ3) is 5.09. The average molecular weight is 297 g/mol. The van der Waals surface area contributed by atoms with Gasteiger partial charge in [0, 0.05) is 18.8 Å². The fourth-order valence-corrected chi connectivity index (χ4v) is 1.59. The van der Waals surface area contributed by atoms with Crippen LogP contribution in [0.5, 0.6) is 0 Å². The van der Waals surface area contributed by atoms with Gasteiger partial charge in [0.05, 0.1) is 18.8 Å². The van der Waals surface area contributed by atoms with Crippen LogP contribution in [-0.4, -0.2) is 41.9 Å². The topological polar surface area (TPSA) is 39.1 Å². The molecule has 1 rings (SSSR count). The highest BCUT2D eigenvalue weighted by Crippen LogP contribution is 2.23. The Bertz CT molecular complexity index is 398. The summed E-state index contributed by atoms with van der Waals surface area (Å²) in [5, 5.41) is 7.09. The highest BCUT2D eigenvalue weighted by molar-refractivity contribution is 5.10. The highest BCUT2D eigenvalue weighted by Gasteiger charge is 2.41. The summed E-state index contributed by atoms with van der Waals surface area (Å²) in [6, 6.07) is -0.350. The van der Waals surface area contributed by atoms with Gasteiger partial charge in [0.15, 0.2) is 0 Å². The van der Waals surface area contributed by atoms with Crippen LogP contribution in [0.2, 0.25) is 0 Å². The van der Waals surface area contributed by atoms with Crippen molar-refractivity contribution in [2.75, 3.05) is 19.8 Å². The number of hydrogen-bond acceptors (Lipinski definition) is 3. The molecule has 1 aromatic heterocycles. The second-order valence-electron chi connectivity index (χ2n) is 4.53. The Hall–Kier alpha value is -1.15. The van der Waals surface area contributed by atoms with Crippen molar-refractivity contribution in [2.24, 2.45) is 7.05 Å². The van der Waals surface area contributed by atoms with Crippen LogP contribution in [-0.2, 0) is 11.8 Å². The first kappa shape index (κ1) is 16.9. The maximum Gasteiger partial charge on any atom is 0.330 e. The van der Waals surface area contributed by atoms with Gasteiger partial charge in [0.2, 0.25) is 0 Å². The van der Waals surface area contributed by atoms with E-state index < -0.39 is 19.0 Å². The van der Waals surface area contributed by atoms with E-state index in [-0.39, 0.29) is 12.6 Å². The molecule has 0 aliphatic heterocycles. The lowest BCUT2D eigenvalue weighted by atomic mass is 10.1. The lowest BCUT2D eigenvalue weighted by Gasteiger charge is -2.20. The third-order valence-electron chi connectivity index (χ3n) is 2.67. The predicted octanol–water partition coefficient (Wildman–Crippen LogP) is 2.38. The van der Waals surface area contributed by atoms with E-state index in [2.05, 4.69) is 10.4 Å². The van der Waals surface area contributed by atoms with E-state index in [1.165, 1.54) is 0 Å². The van der Waals surface area contributed by atoms with Gasteiger partial charge >= 0.3 is 12.3 Å². The average Bonchev–Trinajstić information content (AvgIpc) is 2.79. The third-order valence-corrected chi connectivity index (χ3v) is 2.67. The molecule has 20 heavy (non-hydrogen) atoms. The number of aryl methyl sites for hydroxylation is 1. The van der Waals surface area contributed by atoms with Crippen molar-refractivity contribution in [1.82, 2.24) is 15.1 Å². The van der Waals surface area contributed by atoms with Crippen LogP contribution in [0.25, 0.3) is 0 Å². The fraction of sp³-hybridized carbons (Fsp3) is 0.750. The van der Waals surface area contributed by atoms with Crippen molar-refractivity contribution >= 4 is 0 Å². The van der Waals surface area contributed by atoms with E-state index in [0.29, 0.717) is 6.54 Å². The molecule has 0 bridgehead atoms. The number of ether oxygens (including phenoxy) is 1. The smallest absolute Gasteiger partial charge is 0.330 e. The lowest BCUT2D eigenvalue weighted by Crippen LogP contribution is -2.34. The summed E-state index contributed by atoms with van der Waals surface area (Å²) in [4.78, 5) is 0. The number of hydrogen-bond donors (Lipinski definition) is 1. The molecule has 1 atom stereocenters. The Morgan fingerprint density at radius 3 is 2.65 bits per heavy atom. The number of alkyl halides is 4. The van der Waals surface area contributed by atoms with Crippen LogP contribution in [0.1, 0.15) is 24.9 Å². The van der Waals surface area contributed by atoms with Gasteiger partial charge in [0.1, 0.15) is 6.61 Å². The largest absolute Gasteiger partial charge is 0.373 e. The summed E-state index contributed by atoms with van der Waals surface area (Å²) < 4.78 is 55.8. The number of aromatic nitrogens is 2. The van der Waals surface area contributed by atoms with Crippen LogP contribution in [0.3, 0.4) is 0 Å². The highest BCUT2D eigenvalue weighted by atomic mass is 19.3. The molecule has 116 valence electrons. The van der Waals surface area contributed by atoms with Crippen molar-refractivity contribution in [1.29, 1.82) is 0 Å². The van der Waals surface area contributed by atoms with Crippen LogP contribution in [0.4, 0.5) is 17.6 Å². The second kappa shape index (κ2) is 7.58. The fourth-order valence-electron chi connectivity index (χ4n) is 1.59. The molecule has 4 nitrogen and oxygen atoms in total. The molecule has 0 fully saturated rings. The zero-order valence-electron chi connectivity index (χ0n) is 11.5. The van der Waals surface area contributed by atoms with Crippen molar-refractivity contribution in [3.63, 3.8) is 0 Å². The van der Waals surface area contributed by atoms with E-state index in [1.807, 2.05) is 6.92 Å². The van der Waals surface area contributed by atoms with Gasteiger partial charge < -0.3 is 10.1 Å². The van der Waals surface area contributed by atoms with Crippen LogP contribution in [0.15, 0.2) is 12.4 Å². The molecule has 1 aromatic rings. The number of rotatable bonds is 9. The van der Waals surface area contributed by atoms with Gasteiger partial charge in [-0.05, 0) is 13.0 Å². The van der Waals surface area contributed by atoms with Gasteiger partial charge in [-0.2, -0.15) is 13.9 Å². The predicted molar refractivity (Wildman–Crippen MR) is 66.0 cm³/mol. The van der Waals surface area contributed by atoms with Gasteiger partial charge in [-0.1, -0.05) is 6.92 Å². The minimum absolute atomic E-state index is 0.117. The van der Waals surface area contributed by atoms with Crippen molar-refractivity contribution in [3.8, 4) is 0 Å². The molecule has 0 saturated heterocycles. The summed E-state index contributed by atoms with van der Waals surface area (Å²) in [6.45, 7) is 1.20. The van der Waals surface area contributed by atoms with Gasteiger partial charge in [0.25, 0.3) is 0 Å². The number of halogens is 4. The maximum absolute atomic E-state index is 12.7. The molecule has 8 heteroatoms. The molecular weight excluding hydrogens is 278 g/mol. The van der Waals surface area contributed by atoms with Gasteiger partial charge in [-0.3, -0.25) is 4.68 Å². The van der Waals surface area contributed by atoms with E-state index in [1.54, 1.807) is 24.1 Å². The molecule has 0 saturated carbocycles. The number of nitrogens with zero attached hydrogens (tertiary/aromatic N) is 2. The zero-order valence-corrected chi connectivity index (χ0v) is 11.5. The minimum Gasteiger partial charge on any atom is -0.373 e. The summed E-state index contributed by atoms with van der Waals surface area (Å²) in [5.74, 6) is -4.12. The molecule has 0 radical (unpaired) electrons. The lowest BCUT2D eigenvalue weighted by molar-refractivity contribution is -0.167. The summed E-state index contributed by atoms with van der Waals surface area (Å²) >= 11 is 0. The Labute approximate surface area is 115 Å². The first-order valence-corrected chi connectivity index (χ1v) is 6.32. The van der Waals surface area contributed by atoms with E-state index in [4.69, 9.17) is 4.74 Å². The normalized spacial score (nSPS) is 13.9. The van der Waals surface area contributed by atoms with E-state index in [0.717, 1.165) is 12.0 Å². The molecule has 0 spiro atoms. The standard InChI is InChI=1S/C12H19F4N3O/c1-3-4-17-10(9-5-18-19(2)6-9)7-20-8-12(15,16)11(13)14/h5-6,10-11,17H,3-4,7-8H2,1-2H3. The minimum atomic E-state index is -4.12. The second-order valence-corrected chi connectivity index (χ2v) is 4.53. The molecule has 0 aliphatic carbocycles. The summed E-state index contributed by atoms with van der Waals surface area (Å²) in [7, 11) is 1.73. The maximum atomic E-state index is 12.7. The molecule has 0 amide bonds. The van der Waals surface area contributed by atoms with Crippen molar-refractivity contribution in [2.45, 2.75) is 31.7 Å². The van der Waals surface area contributed by atoms with Crippen molar-refractivity contribution in [3.05, 3.63) is 18.0 Å². The Morgan fingerprint density at radius 1 is 1.45 bits per heavy atom. The molecule has 1 unspecified atom stereocenters. The summed E-state index contributed by atoms with van der Waals surface area (Å²) in [5.41, 5.74) is 0.765. The van der Waals surface area contributed by atoms with E-state index in [9.17, 15) is 17.6 Å². The summed E-state index contributed by atoms with van der Waals surface area (Å²) in [6.07, 6.45) is 0.441. The number of nitrogens with one attached hydrogen (secondary N) is 1. The Morgan fingerprint density at radius 2 is 2.15 bits per heavy atom. The Balaban J connectivity index is 2.53. The van der Waals surface area contributed by atoms with Crippen molar-refractivity contribution < 1.29 is 22.3 Å². The first-order valence-electron chi connectivity index (χ1n) is 6.32. The first-order chi connectivity index (χ1) is 9.36. The van der Waals surface area contributed by atoms with Crippen LogP contribution < -0.4 is 5.32 Å². The monoisotopic (exact) mass is 297 g/mol.